The summed E-state index contributed by atoms with van der Waals surface area (Å²) in [6, 6.07) is 17.0. The van der Waals surface area contributed by atoms with Crippen LogP contribution >= 0.6 is 0 Å². The Balaban J connectivity index is 1.89. The Morgan fingerprint density at radius 3 is 2.38 bits per heavy atom. The number of aromatic hydroxyl groups is 1. The van der Waals surface area contributed by atoms with Crippen LogP contribution in [0.15, 0.2) is 78.3 Å². The zero-order chi connectivity index (χ0) is 16.8. The molecule has 120 valence electrons. The summed E-state index contributed by atoms with van der Waals surface area (Å²) >= 11 is 0. The van der Waals surface area contributed by atoms with Crippen LogP contribution in [0.25, 0.3) is 0 Å². The van der Waals surface area contributed by atoms with Crippen molar-refractivity contribution < 1.29 is 5.11 Å². The number of hydrazone groups is 1. The molecule has 0 radical (unpaired) electrons. The van der Waals surface area contributed by atoms with Crippen LogP contribution in [-0.4, -0.2) is 20.8 Å². The minimum absolute atomic E-state index is 0.126. The van der Waals surface area contributed by atoms with E-state index in [-0.39, 0.29) is 11.8 Å². The topological polar surface area (TPSA) is 70.4 Å². The van der Waals surface area contributed by atoms with Gasteiger partial charge in [-0.05, 0) is 30.2 Å². The van der Waals surface area contributed by atoms with Gasteiger partial charge in [-0.25, -0.2) is 0 Å². The smallest absolute Gasteiger partial charge is 0.115 e. The normalized spacial score (nSPS) is 12.6. The Labute approximate surface area is 140 Å². The Morgan fingerprint density at radius 1 is 1.00 bits per heavy atom. The van der Waals surface area contributed by atoms with Crippen LogP contribution in [-0.2, 0) is 0 Å². The van der Waals surface area contributed by atoms with Gasteiger partial charge >= 0.3 is 0 Å². The van der Waals surface area contributed by atoms with Gasteiger partial charge in [0.1, 0.15) is 11.4 Å². The Hall–Kier alpha value is -3.21. The van der Waals surface area contributed by atoms with E-state index in [1.807, 2.05) is 49.4 Å². The van der Waals surface area contributed by atoms with Crippen LogP contribution < -0.4 is 5.43 Å². The highest BCUT2D eigenvalue weighted by Gasteiger charge is 2.13. The summed E-state index contributed by atoms with van der Waals surface area (Å²) in [5.41, 5.74) is 6.78. The fourth-order valence-electron chi connectivity index (χ4n) is 2.36. The second kappa shape index (κ2) is 7.37. The molecule has 2 aromatic carbocycles. The van der Waals surface area contributed by atoms with Gasteiger partial charge in [0, 0.05) is 12.4 Å². The molecular weight excluding hydrogens is 300 g/mol. The number of nitrogens with one attached hydrogen (secondary N) is 1. The molecule has 0 bridgehead atoms. The number of aromatic nitrogens is 2. The fraction of sp³-hybridized carbons (Fsp3) is 0.105. The monoisotopic (exact) mass is 318 g/mol. The molecule has 3 aromatic rings. The largest absolute Gasteiger partial charge is 0.508 e. The van der Waals surface area contributed by atoms with E-state index in [4.69, 9.17) is 0 Å². The molecule has 1 aromatic heterocycles. The van der Waals surface area contributed by atoms with Gasteiger partial charge in [-0.15, -0.1) is 0 Å². The van der Waals surface area contributed by atoms with Crippen molar-refractivity contribution in [3.63, 3.8) is 0 Å². The number of hydrogen-bond donors (Lipinski definition) is 2. The van der Waals surface area contributed by atoms with Crippen molar-refractivity contribution in [2.75, 3.05) is 0 Å². The van der Waals surface area contributed by atoms with Crippen molar-refractivity contribution >= 4 is 5.71 Å². The van der Waals surface area contributed by atoms with E-state index in [1.165, 1.54) is 0 Å². The number of benzene rings is 2. The molecule has 0 spiro atoms. The molecule has 1 atom stereocenters. The van der Waals surface area contributed by atoms with Gasteiger partial charge in [0.2, 0.25) is 0 Å². The molecule has 0 aliphatic heterocycles. The van der Waals surface area contributed by atoms with Crippen molar-refractivity contribution in [2.24, 2.45) is 5.10 Å². The Morgan fingerprint density at radius 2 is 1.71 bits per heavy atom. The molecule has 1 unspecified atom stereocenters. The van der Waals surface area contributed by atoms with Crippen LogP contribution in [0, 0.1) is 0 Å². The summed E-state index contributed by atoms with van der Waals surface area (Å²) in [6.45, 7) is 1.88. The Kier molecular flexibility index (Phi) is 4.81. The maximum absolute atomic E-state index is 9.51. The first-order valence-electron chi connectivity index (χ1n) is 7.64. The second-order valence-electron chi connectivity index (χ2n) is 5.35. The predicted octanol–water partition coefficient (Wildman–Crippen LogP) is 3.29. The minimum atomic E-state index is -0.126. The lowest BCUT2D eigenvalue weighted by molar-refractivity contribution is 0.474. The van der Waals surface area contributed by atoms with E-state index >= 15 is 0 Å². The van der Waals surface area contributed by atoms with Crippen LogP contribution in [0.4, 0.5) is 0 Å². The predicted molar refractivity (Wildman–Crippen MR) is 93.8 cm³/mol. The van der Waals surface area contributed by atoms with Gasteiger partial charge in [0.15, 0.2) is 0 Å². The first kappa shape index (κ1) is 15.7. The molecule has 0 fully saturated rings. The van der Waals surface area contributed by atoms with E-state index < -0.39 is 0 Å². The van der Waals surface area contributed by atoms with Crippen LogP contribution in [0.1, 0.15) is 29.8 Å². The third-order valence-corrected chi connectivity index (χ3v) is 3.65. The summed E-state index contributed by atoms with van der Waals surface area (Å²) in [5, 5.41) is 14.0. The summed E-state index contributed by atoms with van der Waals surface area (Å²) in [5.74, 6) is 0.241. The van der Waals surface area contributed by atoms with E-state index in [1.54, 1.807) is 30.7 Å². The lowest BCUT2D eigenvalue weighted by Gasteiger charge is -2.18. The van der Waals surface area contributed by atoms with Gasteiger partial charge in [-0.3, -0.25) is 15.4 Å². The zero-order valence-corrected chi connectivity index (χ0v) is 13.3. The maximum atomic E-state index is 9.51. The van der Waals surface area contributed by atoms with Crippen LogP contribution in [0.2, 0.25) is 0 Å². The molecule has 2 N–H and O–H groups in total. The average molecular weight is 318 g/mol. The number of phenolic OH excluding ortho intramolecular Hbond substituents is 1. The molecule has 0 saturated heterocycles. The molecule has 0 amide bonds. The van der Waals surface area contributed by atoms with Crippen molar-refractivity contribution in [3.05, 3.63) is 90.0 Å². The van der Waals surface area contributed by atoms with Crippen LogP contribution in [0.5, 0.6) is 5.75 Å². The Bertz CT molecular complexity index is 802. The summed E-state index contributed by atoms with van der Waals surface area (Å²) in [7, 11) is 0. The van der Waals surface area contributed by atoms with Crippen molar-refractivity contribution in [3.8, 4) is 5.75 Å². The number of nitrogens with zero attached hydrogens (tertiary/aromatic N) is 3. The highest BCUT2D eigenvalue weighted by Crippen LogP contribution is 2.23. The molecule has 0 saturated carbocycles. The lowest BCUT2D eigenvalue weighted by atomic mass is 9.99. The molecule has 0 aliphatic rings. The van der Waals surface area contributed by atoms with Gasteiger partial charge in [0.05, 0.1) is 18.0 Å². The molecule has 1 heterocycles. The van der Waals surface area contributed by atoms with Gasteiger partial charge < -0.3 is 5.11 Å². The maximum Gasteiger partial charge on any atom is 0.115 e. The number of hydrogen-bond acceptors (Lipinski definition) is 5. The van der Waals surface area contributed by atoms with Crippen LogP contribution in [0.3, 0.4) is 0 Å². The van der Waals surface area contributed by atoms with Gasteiger partial charge in [0.25, 0.3) is 0 Å². The minimum Gasteiger partial charge on any atom is -0.508 e. The average Bonchev–Trinajstić information content (AvgIpc) is 2.65. The van der Waals surface area contributed by atoms with Gasteiger partial charge in [-0.1, -0.05) is 42.5 Å². The van der Waals surface area contributed by atoms with Crippen molar-refractivity contribution in [1.82, 2.24) is 15.4 Å². The quantitative estimate of drug-likeness (QED) is 0.559. The summed E-state index contributed by atoms with van der Waals surface area (Å²) < 4.78 is 0. The van der Waals surface area contributed by atoms with E-state index in [0.29, 0.717) is 0 Å². The molecule has 24 heavy (non-hydrogen) atoms. The third kappa shape index (κ3) is 3.76. The molecule has 0 aliphatic carbocycles. The highest BCUT2D eigenvalue weighted by molar-refractivity contribution is 5.96. The number of rotatable bonds is 5. The van der Waals surface area contributed by atoms with Gasteiger partial charge in [-0.2, -0.15) is 5.10 Å². The summed E-state index contributed by atoms with van der Waals surface area (Å²) in [4.78, 5) is 8.31. The lowest BCUT2D eigenvalue weighted by Crippen LogP contribution is -2.19. The SMILES string of the molecule is C/C(=N\NC(c1ccccc1)c1ccc(O)cc1)c1cnccn1. The van der Waals surface area contributed by atoms with E-state index in [9.17, 15) is 5.11 Å². The highest BCUT2D eigenvalue weighted by atomic mass is 16.3. The standard InChI is InChI=1S/C19H18N4O/c1-14(18-13-20-11-12-21-18)22-23-19(15-5-3-2-4-6-15)16-7-9-17(24)10-8-16/h2-13,19,23-24H,1H3/b22-14+. The molecule has 5 nitrogen and oxygen atoms in total. The zero-order valence-electron chi connectivity index (χ0n) is 13.3. The molecule has 3 rings (SSSR count). The number of phenols is 1. The molecule has 5 heteroatoms. The van der Waals surface area contributed by atoms with Crippen molar-refractivity contribution in [1.29, 1.82) is 0 Å². The molecular formula is C19H18N4O. The first-order chi connectivity index (χ1) is 11.7. The fourth-order valence-corrected chi connectivity index (χ4v) is 2.36. The third-order valence-electron chi connectivity index (χ3n) is 3.65. The summed E-state index contributed by atoms with van der Waals surface area (Å²) in [6.07, 6.45) is 4.95. The van der Waals surface area contributed by atoms with E-state index in [0.717, 1.165) is 22.5 Å². The van der Waals surface area contributed by atoms with E-state index in [2.05, 4.69) is 20.5 Å². The first-order valence-corrected chi connectivity index (χ1v) is 7.64. The van der Waals surface area contributed by atoms with Crippen molar-refractivity contribution in [2.45, 2.75) is 13.0 Å². The second-order valence-corrected chi connectivity index (χ2v) is 5.35.